The molecule has 3 aromatic rings. The van der Waals surface area contributed by atoms with Crippen LogP contribution in [0.4, 0.5) is 0 Å². The number of hydrogen-bond donors (Lipinski definition) is 3. The number of amides is 3. The molecule has 1 atom stereocenters. The van der Waals surface area contributed by atoms with Crippen molar-refractivity contribution in [2.24, 2.45) is 5.73 Å². The van der Waals surface area contributed by atoms with Gasteiger partial charge in [-0.2, -0.15) is 0 Å². The van der Waals surface area contributed by atoms with E-state index in [1.807, 2.05) is 53.6 Å². The van der Waals surface area contributed by atoms with E-state index in [0.717, 1.165) is 27.6 Å². The third-order valence-electron chi connectivity index (χ3n) is 7.36. The highest BCUT2D eigenvalue weighted by Gasteiger charge is 2.33. The van der Waals surface area contributed by atoms with Gasteiger partial charge in [-0.1, -0.05) is 24.3 Å². The molecule has 1 saturated heterocycles. The van der Waals surface area contributed by atoms with Crippen molar-refractivity contribution in [1.82, 2.24) is 20.1 Å². The first kappa shape index (κ1) is 28.6. The van der Waals surface area contributed by atoms with Crippen LogP contribution >= 0.6 is 12.4 Å². The fraction of sp³-hybridized carbons (Fsp3) is 0.414. The number of ether oxygens (including phenoxy) is 1. The second-order valence-corrected chi connectivity index (χ2v) is 10.7. The number of H-pyrrole nitrogens is 1. The maximum atomic E-state index is 13.8. The van der Waals surface area contributed by atoms with Crippen molar-refractivity contribution in [2.45, 2.75) is 44.8 Å². The van der Waals surface area contributed by atoms with Gasteiger partial charge in [0.05, 0.1) is 18.8 Å². The molecule has 2 aromatic carbocycles. The van der Waals surface area contributed by atoms with Crippen LogP contribution in [0.15, 0.2) is 48.7 Å². The Morgan fingerprint density at radius 3 is 2.54 bits per heavy atom. The number of para-hydroxylation sites is 1. The SMILES string of the molecule is CC(C)(N)C(=O)N[C@H](Cc1c[nH]c2ccccc12)C(=O)N1CCc2cc(C(=O)N3CCOCC3)ccc2C1.Cl. The van der Waals surface area contributed by atoms with Crippen molar-refractivity contribution in [3.05, 3.63) is 70.9 Å². The van der Waals surface area contributed by atoms with Gasteiger partial charge < -0.3 is 30.6 Å². The molecule has 2 aliphatic rings. The van der Waals surface area contributed by atoms with Gasteiger partial charge in [0.2, 0.25) is 11.8 Å². The molecular weight excluding hydrogens is 518 g/mol. The molecule has 0 saturated carbocycles. The summed E-state index contributed by atoms with van der Waals surface area (Å²) in [6, 6.07) is 12.9. The molecule has 3 heterocycles. The summed E-state index contributed by atoms with van der Waals surface area (Å²) in [5.41, 5.74) is 9.62. The Kier molecular flexibility index (Phi) is 8.64. The number of nitrogens with one attached hydrogen (secondary N) is 2. The molecule has 0 spiro atoms. The second-order valence-electron chi connectivity index (χ2n) is 10.7. The van der Waals surface area contributed by atoms with Crippen LogP contribution in [0.25, 0.3) is 10.9 Å². The Hall–Kier alpha value is -3.40. The van der Waals surface area contributed by atoms with E-state index in [2.05, 4.69) is 10.3 Å². The number of aromatic nitrogens is 1. The normalized spacial score (nSPS) is 16.3. The van der Waals surface area contributed by atoms with E-state index in [0.29, 0.717) is 57.8 Å². The van der Waals surface area contributed by atoms with Gasteiger partial charge in [-0.3, -0.25) is 14.4 Å². The quantitative estimate of drug-likeness (QED) is 0.433. The molecule has 208 valence electrons. The minimum Gasteiger partial charge on any atom is -0.378 e. The Morgan fingerprint density at radius 1 is 1.05 bits per heavy atom. The van der Waals surface area contributed by atoms with Crippen LogP contribution < -0.4 is 11.1 Å². The lowest BCUT2D eigenvalue weighted by Gasteiger charge is -2.33. The van der Waals surface area contributed by atoms with E-state index >= 15 is 0 Å². The van der Waals surface area contributed by atoms with Crippen molar-refractivity contribution < 1.29 is 19.1 Å². The minimum absolute atomic E-state index is 0. The molecule has 10 heteroatoms. The zero-order chi connectivity index (χ0) is 26.9. The van der Waals surface area contributed by atoms with Gasteiger partial charge in [0.15, 0.2) is 0 Å². The van der Waals surface area contributed by atoms with Crippen molar-refractivity contribution in [3.8, 4) is 0 Å². The molecule has 1 aromatic heterocycles. The van der Waals surface area contributed by atoms with E-state index in [1.165, 1.54) is 0 Å². The number of halogens is 1. The smallest absolute Gasteiger partial charge is 0.254 e. The molecule has 3 amide bonds. The number of carbonyl (C=O) groups excluding carboxylic acids is 3. The summed E-state index contributed by atoms with van der Waals surface area (Å²) in [5.74, 6) is -0.508. The summed E-state index contributed by atoms with van der Waals surface area (Å²) in [7, 11) is 0. The van der Waals surface area contributed by atoms with Gasteiger partial charge in [-0.25, -0.2) is 0 Å². The average molecular weight is 554 g/mol. The zero-order valence-corrected chi connectivity index (χ0v) is 23.2. The number of nitrogens with two attached hydrogens (primary N) is 1. The zero-order valence-electron chi connectivity index (χ0n) is 22.4. The fourth-order valence-corrected chi connectivity index (χ4v) is 5.11. The Balaban J connectivity index is 0.00000353. The Bertz CT molecular complexity index is 1360. The number of aromatic amines is 1. The lowest BCUT2D eigenvalue weighted by molar-refractivity contribution is -0.138. The Labute approximate surface area is 234 Å². The number of fused-ring (bicyclic) bond motifs is 2. The number of benzene rings is 2. The first-order chi connectivity index (χ1) is 18.2. The van der Waals surface area contributed by atoms with Crippen molar-refractivity contribution >= 4 is 41.0 Å². The standard InChI is InChI=1S/C29H35N5O4.ClH/c1-29(2,30)28(37)32-25(16-22-17-31-24-6-4-3-5-23(22)24)27(36)34-10-9-19-15-20(7-8-21(19)18-34)26(35)33-11-13-38-14-12-33;/h3-8,15,17,25,31H,9-14,16,18,30H2,1-2H3,(H,32,37);1H/t25-;/m1./s1. The first-order valence-corrected chi connectivity index (χ1v) is 13.1. The fourth-order valence-electron chi connectivity index (χ4n) is 5.11. The summed E-state index contributed by atoms with van der Waals surface area (Å²) >= 11 is 0. The molecule has 0 aliphatic carbocycles. The molecular formula is C29H36ClN5O4. The molecule has 2 aliphatic heterocycles. The lowest BCUT2D eigenvalue weighted by atomic mass is 9.95. The average Bonchev–Trinajstić information content (AvgIpc) is 3.34. The topological polar surface area (TPSA) is 121 Å². The van der Waals surface area contributed by atoms with Crippen molar-refractivity contribution in [2.75, 3.05) is 32.8 Å². The van der Waals surface area contributed by atoms with E-state index in [4.69, 9.17) is 10.5 Å². The largest absolute Gasteiger partial charge is 0.378 e. The highest BCUT2D eigenvalue weighted by atomic mass is 35.5. The van der Waals surface area contributed by atoms with Gasteiger partial charge in [-0.05, 0) is 55.2 Å². The van der Waals surface area contributed by atoms with Gasteiger partial charge in [0.1, 0.15) is 6.04 Å². The van der Waals surface area contributed by atoms with Crippen LogP contribution in [0.3, 0.4) is 0 Å². The molecule has 4 N–H and O–H groups in total. The molecule has 0 radical (unpaired) electrons. The summed E-state index contributed by atoms with van der Waals surface area (Å²) in [4.78, 5) is 46.4. The molecule has 39 heavy (non-hydrogen) atoms. The van der Waals surface area contributed by atoms with Gasteiger partial charge >= 0.3 is 0 Å². The number of nitrogens with zero attached hydrogens (tertiary/aromatic N) is 2. The first-order valence-electron chi connectivity index (χ1n) is 13.1. The van der Waals surface area contributed by atoms with Crippen LogP contribution in [-0.2, 0) is 33.7 Å². The van der Waals surface area contributed by atoms with E-state index < -0.39 is 11.6 Å². The minimum atomic E-state index is -1.11. The summed E-state index contributed by atoms with van der Waals surface area (Å²) in [6.07, 6.45) is 2.88. The van der Waals surface area contributed by atoms with Gasteiger partial charge in [0.25, 0.3) is 5.91 Å². The Morgan fingerprint density at radius 2 is 1.79 bits per heavy atom. The number of morpholine rings is 1. The number of rotatable bonds is 6. The molecule has 9 nitrogen and oxygen atoms in total. The predicted octanol–water partition coefficient (Wildman–Crippen LogP) is 2.41. The third-order valence-corrected chi connectivity index (χ3v) is 7.36. The van der Waals surface area contributed by atoms with Crippen molar-refractivity contribution in [1.29, 1.82) is 0 Å². The van der Waals surface area contributed by atoms with E-state index in [-0.39, 0.29) is 30.1 Å². The maximum Gasteiger partial charge on any atom is 0.254 e. The lowest BCUT2D eigenvalue weighted by Crippen LogP contribution is -2.57. The highest BCUT2D eigenvalue weighted by molar-refractivity contribution is 5.95. The highest BCUT2D eigenvalue weighted by Crippen LogP contribution is 2.24. The molecule has 5 rings (SSSR count). The summed E-state index contributed by atoms with van der Waals surface area (Å²) in [5, 5.41) is 3.93. The van der Waals surface area contributed by atoms with Crippen LogP contribution in [0.1, 0.15) is 40.9 Å². The second kappa shape index (κ2) is 11.8. The van der Waals surface area contributed by atoms with E-state index in [1.54, 1.807) is 18.7 Å². The molecule has 0 bridgehead atoms. The predicted molar refractivity (Wildman–Crippen MR) is 152 cm³/mol. The van der Waals surface area contributed by atoms with Crippen LogP contribution in [-0.4, -0.2) is 76.9 Å². The molecule has 0 unspecified atom stereocenters. The van der Waals surface area contributed by atoms with E-state index in [9.17, 15) is 14.4 Å². The maximum absolute atomic E-state index is 13.8. The van der Waals surface area contributed by atoms with Gasteiger partial charge in [-0.15, -0.1) is 12.4 Å². The summed E-state index contributed by atoms with van der Waals surface area (Å²) in [6.45, 7) is 6.50. The number of carbonyl (C=O) groups is 3. The summed E-state index contributed by atoms with van der Waals surface area (Å²) < 4.78 is 5.36. The van der Waals surface area contributed by atoms with Crippen LogP contribution in [0.5, 0.6) is 0 Å². The molecule has 1 fully saturated rings. The van der Waals surface area contributed by atoms with Crippen LogP contribution in [0, 0.1) is 0 Å². The van der Waals surface area contributed by atoms with Crippen LogP contribution in [0.2, 0.25) is 0 Å². The monoisotopic (exact) mass is 553 g/mol. The number of hydrogen-bond acceptors (Lipinski definition) is 5. The van der Waals surface area contributed by atoms with Crippen molar-refractivity contribution in [3.63, 3.8) is 0 Å². The third kappa shape index (κ3) is 6.27. The van der Waals surface area contributed by atoms with Gasteiger partial charge in [0, 0.05) is 55.3 Å².